The number of hydrogen-bond acceptors (Lipinski definition) is 8. The van der Waals surface area contributed by atoms with E-state index in [2.05, 4.69) is 41.5 Å². The summed E-state index contributed by atoms with van der Waals surface area (Å²) in [5.41, 5.74) is 12.3. The fourth-order valence-corrected chi connectivity index (χ4v) is 4.81. The minimum atomic E-state index is 0.423. The SMILES string of the molecule is COc1cc(-c2ccc(N=N/C(=N\Nc3ccccc3)c3ccccc3)c(OC)c2)ccc1N=N/C(=N\Nc1ccccc1)c1ccccc1. The van der Waals surface area contributed by atoms with Crippen LogP contribution in [0.25, 0.3) is 11.1 Å². The maximum absolute atomic E-state index is 5.72. The topological polar surface area (TPSA) is 117 Å². The first-order chi connectivity index (χ1) is 24.7. The molecule has 0 atom stereocenters. The predicted octanol–water partition coefficient (Wildman–Crippen LogP) is 10.5. The maximum Gasteiger partial charge on any atom is 0.201 e. The van der Waals surface area contributed by atoms with Gasteiger partial charge in [-0.3, -0.25) is 10.9 Å². The summed E-state index contributed by atoms with van der Waals surface area (Å²) in [7, 11) is 3.20. The average molecular weight is 659 g/mol. The summed E-state index contributed by atoms with van der Waals surface area (Å²) in [5, 5.41) is 27.0. The van der Waals surface area contributed by atoms with E-state index in [9.17, 15) is 0 Å². The lowest BCUT2D eigenvalue weighted by Crippen LogP contribution is -2.01. The van der Waals surface area contributed by atoms with Gasteiger partial charge in [0.05, 0.1) is 25.6 Å². The van der Waals surface area contributed by atoms with Crippen molar-refractivity contribution in [3.05, 3.63) is 169 Å². The first-order valence-corrected chi connectivity index (χ1v) is 15.8. The van der Waals surface area contributed by atoms with Crippen LogP contribution in [-0.2, 0) is 0 Å². The summed E-state index contributed by atoms with van der Waals surface area (Å²) < 4.78 is 11.4. The van der Waals surface area contributed by atoms with Gasteiger partial charge in [-0.2, -0.15) is 10.2 Å². The summed E-state index contributed by atoms with van der Waals surface area (Å²) in [6.07, 6.45) is 0. The van der Waals surface area contributed by atoms with Crippen LogP contribution in [0.4, 0.5) is 22.7 Å². The van der Waals surface area contributed by atoms with Crippen LogP contribution in [0.1, 0.15) is 11.1 Å². The molecule has 0 aliphatic heterocycles. The van der Waals surface area contributed by atoms with E-state index in [4.69, 9.17) is 9.47 Å². The first-order valence-electron chi connectivity index (χ1n) is 15.8. The molecule has 0 aliphatic carbocycles. The molecule has 246 valence electrons. The Morgan fingerprint density at radius 1 is 0.440 bits per heavy atom. The lowest BCUT2D eigenvalue weighted by molar-refractivity contribution is 0.415. The number of ether oxygens (including phenoxy) is 2. The van der Waals surface area contributed by atoms with Crippen molar-refractivity contribution in [1.82, 2.24) is 0 Å². The van der Waals surface area contributed by atoms with Gasteiger partial charge in [-0.25, -0.2) is 0 Å². The van der Waals surface area contributed by atoms with Crippen LogP contribution in [0.3, 0.4) is 0 Å². The molecule has 0 heterocycles. The van der Waals surface area contributed by atoms with Crippen molar-refractivity contribution >= 4 is 34.4 Å². The first kappa shape index (κ1) is 33.0. The zero-order valence-corrected chi connectivity index (χ0v) is 27.5. The van der Waals surface area contributed by atoms with E-state index >= 15 is 0 Å². The quantitative estimate of drug-likeness (QED) is 0.0623. The molecule has 0 saturated carbocycles. The van der Waals surface area contributed by atoms with Crippen LogP contribution in [0.5, 0.6) is 11.5 Å². The molecule has 0 saturated heterocycles. The number of amidine groups is 2. The highest BCUT2D eigenvalue weighted by atomic mass is 16.5. The van der Waals surface area contributed by atoms with Crippen LogP contribution < -0.4 is 20.3 Å². The second-order valence-corrected chi connectivity index (χ2v) is 10.7. The van der Waals surface area contributed by atoms with Gasteiger partial charge in [-0.15, -0.1) is 20.5 Å². The smallest absolute Gasteiger partial charge is 0.201 e. The lowest BCUT2D eigenvalue weighted by Gasteiger charge is -2.10. The Labute approximate surface area is 290 Å². The molecular formula is C40H34N8O2. The van der Waals surface area contributed by atoms with Gasteiger partial charge in [0.2, 0.25) is 11.7 Å². The Bertz CT molecular complexity index is 1970. The summed E-state index contributed by atoms with van der Waals surface area (Å²) in [6.45, 7) is 0. The molecule has 10 nitrogen and oxygen atoms in total. The Balaban J connectivity index is 1.24. The minimum absolute atomic E-state index is 0.423. The zero-order chi connectivity index (χ0) is 34.4. The Hall–Kier alpha value is -6.94. The van der Waals surface area contributed by atoms with Crippen molar-refractivity contribution in [1.29, 1.82) is 0 Å². The Kier molecular flexibility index (Phi) is 11.0. The molecule has 50 heavy (non-hydrogen) atoms. The molecule has 2 N–H and O–H groups in total. The molecule has 6 aromatic rings. The molecule has 0 spiro atoms. The van der Waals surface area contributed by atoms with Gasteiger partial charge in [0.25, 0.3) is 0 Å². The predicted molar refractivity (Wildman–Crippen MR) is 200 cm³/mol. The molecule has 10 heteroatoms. The fraction of sp³-hybridized carbons (Fsp3) is 0.0500. The summed E-state index contributed by atoms with van der Waals surface area (Å²) in [4.78, 5) is 0. The third-order valence-corrected chi connectivity index (χ3v) is 7.39. The van der Waals surface area contributed by atoms with Gasteiger partial charge in [0.15, 0.2) is 0 Å². The average Bonchev–Trinajstić information content (AvgIpc) is 3.19. The number of rotatable bonds is 11. The standard InChI is InChI=1S/C40H34N8O2/c1-49-37-27-31(23-25-35(37)43-47-39(29-15-7-3-8-16-29)45-41-33-19-11-5-12-20-33)32-24-26-36(38(28-32)50-2)44-48-40(30-17-9-4-10-18-30)46-42-34-21-13-6-14-22-34/h3-28,41-42H,1-2H3/b45-39-,46-40-,47-43?,48-44?. The molecule has 0 amide bonds. The van der Waals surface area contributed by atoms with Gasteiger partial charge in [-0.05, 0) is 59.7 Å². The van der Waals surface area contributed by atoms with Gasteiger partial charge in [-0.1, -0.05) is 109 Å². The van der Waals surface area contributed by atoms with Crippen molar-refractivity contribution in [2.45, 2.75) is 0 Å². The van der Waals surface area contributed by atoms with Crippen molar-refractivity contribution < 1.29 is 9.47 Å². The highest BCUT2D eigenvalue weighted by Gasteiger charge is 2.11. The fourth-order valence-electron chi connectivity index (χ4n) is 4.81. The number of para-hydroxylation sites is 2. The summed E-state index contributed by atoms with van der Waals surface area (Å²) in [6, 6.07) is 50.1. The van der Waals surface area contributed by atoms with Crippen LogP contribution in [0.15, 0.2) is 188 Å². The van der Waals surface area contributed by atoms with Gasteiger partial charge < -0.3 is 9.47 Å². The summed E-state index contributed by atoms with van der Waals surface area (Å²) >= 11 is 0. The monoisotopic (exact) mass is 658 g/mol. The molecular weight excluding hydrogens is 624 g/mol. The third kappa shape index (κ3) is 8.69. The number of azo groups is 2. The highest BCUT2D eigenvalue weighted by molar-refractivity contribution is 6.00. The molecule has 0 unspecified atom stereocenters. The van der Waals surface area contributed by atoms with Crippen molar-refractivity contribution in [3.63, 3.8) is 0 Å². The minimum Gasteiger partial charge on any atom is -0.494 e. The number of anilines is 2. The Morgan fingerprint density at radius 2 is 0.800 bits per heavy atom. The normalized spacial score (nSPS) is 11.9. The number of hydrogen-bond donors (Lipinski definition) is 2. The van der Waals surface area contributed by atoms with E-state index in [1.54, 1.807) is 14.2 Å². The summed E-state index contributed by atoms with van der Waals surface area (Å²) in [5.74, 6) is 1.94. The van der Waals surface area contributed by atoms with Gasteiger partial charge >= 0.3 is 0 Å². The third-order valence-electron chi connectivity index (χ3n) is 7.39. The second-order valence-electron chi connectivity index (χ2n) is 10.7. The van der Waals surface area contributed by atoms with E-state index in [0.717, 1.165) is 33.6 Å². The molecule has 0 aliphatic rings. The second kappa shape index (κ2) is 16.8. The maximum atomic E-state index is 5.72. The van der Waals surface area contributed by atoms with Crippen molar-refractivity contribution in [2.24, 2.45) is 30.7 Å². The van der Waals surface area contributed by atoms with Crippen LogP contribution in [-0.4, -0.2) is 25.9 Å². The van der Waals surface area contributed by atoms with Crippen LogP contribution in [0.2, 0.25) is 0 Å². The van der Waals surface area contributed by atoms with E-state index in [1.165, 1.54) is 0 Å². The van der Waals surface area contributed by atoms with E-state index in [0.29, 0.717) is 34.5 Å². The lowest BCUT2D eigenvalue weighted by atomic mass is 10.0. The Morgan fingerprint density at radius 3 is 1.16 bits per heavy atom. The molecule has 6 aromatic carbocycles. The van der Waals surface area contributed by atoms with Crippen molar-refractivity contribution in [2.75, 3.05) is 25.1 Å². The molecule has 0 fully saturated rings. The molecule has 0 bridgehead atoms. The van der Waals surface area contributed by atoms with Gasteiger partial charge in [0, 0.05) is 11.1 Å². The van der Waals surface area contributed by atoms with Gasteiger partial charge in [0.1, 0.15) is 22.9 Å². The number of hydrazone groups is 2. The van der Waals surface area contributed by atoms with Crippen molar-refractivity contribution in [3.8, 4) is 22.6 Å². The zero-order valence-electron chi connectivity index (χ0n) is 27.5. The van der Waals surface area contributed by atoms with Crippen LogP contribution >= 0.6 is 0 Å². The number of nitrogens with one attached hydrogen (secondary N) is 2. The van der Waals surface area contributed by atoms with E-state index in [1.807, 2.05) is 158 Å². The molecule has 0 radical (unpaired) electrons. The number of nitrogens with zero attached hydrogens (tertiary/aromatic N) is 6. The number of benzene rings is 6. The largest absolute Gasteiger partial charge is 0.494 e. The molecule has 6 rings (SSSR count). The van der Waals surface area contributed by atoms with Crippen LogP contribution in [0, 0.1) is 0 Å². The number of methoxy groups -OCH3 is 2. The van der Waals surface area contributed by atoms with E-state index in [-0.39, 0.29) is 0 Å². The van der Waals surface area contributed by atoms with E-state index < -0.39 is 0 Å². The molecule has 0 aromatic heterocycles. The highest BCUT2D eigenvalue weighted by Crippen LogP contribution is 2.37.